The first-order chi connectivity index (χ1) is 15.7. The molecular weight excluding hydrogens is 508 g/mol. The number of benzene rings is 2. The largest absolute Gasteiger partial charge is 0.464 e. The lowest BCUT2D eigenvalue weighted by atomic mass is 9.94. The van der Waals surface area contributed by atoms with Gasteiger partial charge in [0.15, 0.2) is 0 Å². The number of hydrogen-bond acceptors (Lipinski definition) is 5. The molecule has 1 aliphatic rings. The summed E-state index contributed by atoms with van der Waals surface area (Å²) in [5.74, 6) is -0.526. The van der Waals surface area contributed by atoms with Crippen LogP contribution in [-0.2, 0) is 21.3 Å². The van der Waals surface area contributed by atoms with E-state index in [1.165, 1.54) is 22.2 Å². The maximum atomic E-state index is 13.6. The summed E-state index contributed by atoms with van der Waals surface area (Å²) in [5.41, 5.74) is 1.40. The van der Waals surface area contributed by atoms with Crippen molar-refractivity contribution in [2.75, 3.05) is 26.5 Å². The van der Waals surface area contributed by atoms with Gasteiger partial charge in [-0.1, -0.05) is 46.3 Å². The van der Waals surface area contributed by atoms with Crippen molar-refractivity contribution in [3.8, 4) is 11.1 Å². The maximum absolute atomic E-state index is 13.6. The third-order valence-corrected chi connectivity index (χ3v) is 7.95. The molecule has 0 bridgehead atoms. The van der Waals surface area contributed by atoms with E-state index in [0.29, 0.717) is 48.8 Å². The van der Waals surface area contributed by atoms with Gasteiger partial charge in [0.05, 0.1) is 13.4 Å². The first-order valence-corrected chi connectivity index (χ1v) is 13.3. The smallest absolute Gasteiger partial charge is 0.355 e. The number of halogens is 1. The molecule has 1 fully saturated rings. The number of rotatable bonds is 5. The first-order valence-electron chi connectivity index (χ1n) is 10.7. The number of pyridine rings is 1. The van der Waals surface area contributed by atoms with Gasteiger partial charge < -0.3 is 9.30 Å². The van der Waals surface area contributed by atoms with E-state index in [-0.39, 0.29) is 17.2 Å². The van der Waals surface area contributed by atoms with Gasteiger partial charge in [0.1, 0.15) is 5.69 Å². The quantitative estimate of drug-likeness (QED) is 0.465. The van der Waals surface area contributed by atoms with E-state index in [0.717, 1.165) is 10.0 Å². The number of piperidine rings is 1. The summed E-state index contributed by atoms with van der Waals surface area (Å²) in [6.45, 7) is 1.11. The summed E-state index contributed by atoms with van der Waals surface area (Å²) in [6.07, 6.45) is 2.43. The molecule has 1 saturated heterocycles. The Morgan fingerprint density at radius 2 is 1.76 bits per heavy atom. The number of hydrogen-bond donors (Lipinski definition) is 0. The number of nitrogens with zero attached hydrogens (tertiary/aromatic N) is 2. The highest BCUT2D eigenvalue weighted by atomic mass is 79.9. The zero-order valence-corrected chi connectivity index (χ0v) is 20.9. The van der Waals surface area contributed by atoms with Crippen molar-refractivity contribution >= 4 is 42.7 Å². The van der Waals surface area contributed by atoms with Crippen LogP contribution in [0.25, 0.3) is 21.9 Å². The van der Waals surface area contributed by atoms with E-state index in [1.54, 1.807) is 6.07 Å². The second-order valence-electron chi connectivity index (χ2n) is 8.29. The van der Waals surface area contributed by atoms with Crippen molar-refractivity contribution in [2.45, 2.75) is 19.4 Å². The molecule has 0 aliphatic carbocycles. The van der Waals surface area contributed by atoms with Gasteiger partial charge in [0.25, 0.3) is 5.56 Å². The van der Waals surface area contributed by atoms with E-state index in [1.807, 2.05) is 42.5 Å². The van der Waals surface area contributed by atoms with Crippen LogP contribution in [0, 0.1) is 5.92 Å². The van der Waals surface area contributed by atoms with Crippen molar-refractivity contribution in [1.82, 2.24) is 8.87 Å². The van der Waals surface area contributed by atoms with E-state index in [2.05, 4.69) is 15.9 Å². The van der Waals surface area contributed by atoms with Crippen LogP contribution in [0.4, 0.5) is 0 Å². The van der Waals surface area contributed by atoms with Crippen LogP contribution < -0.4 is 5.56 Å². The zero-order valence-electron chi connectivity index (χ0n) is 18.5. The van der Waals surface area contributed by atoms with Crippen LogP contribution in [0.15, 0.2) is 57.8 Å². The first kappa shape index (κ1) is 23.7. The molecule has 0 unspecified atom stereocenters. The number of esters is 1. The minimum atomic E-state index is -3.25. The molecule has 2 aromatic carbocycles. The molecule has 0 saturated carbocycles. The van der Waals surface area contributed by atoms with E-state index < -0.39 is 16.0 Å². The fourth-order valence-corrected chi connectivity index (χ4v) is 5.72. The number of sulfonamides is 1. The van der Waals surface area contributed by atoms with Crippen molar-refractivity contribution in [3.63, 3.8) is 0 Å². The van der Waals surface area contributed by atoms with Crippen LogP contribution in [0.5, 0.6) is 0 Å². The third kappa shape index (κ3) is 4.76. The van der Waals surface area contributed by atoms with Crippen molar-refractivity contribution in [2.24, 2.45) is 5.92 Å². The normalized spacial score (nSPS) is 15.6. The Morgan fingerprint density at radius 3 is 2.36 bits per heavy atom. The molecule has 33 heavy (non-hydrogen) atoms. The number of methoxy groups -OCH3 is 1. The molecule has 0 radical (unpaired) electrons. The molecule has 3 aromatic rings. The molecule has 0 N–H and O–H groups in total. The monoisotopic (exact) mass is 532 g/mol. The minimum absolute atomic E-state index is 0.0561. The van der Waals surface area contributed by atoms with Gasteiger partial charge in [0, 0.05) is 35.1 Å². The highest BCUT2D eigenvalue weighted by Crippen LogP contribution is 2.33. The Kier molecular flexibility index (Phi) is 6.74. The molecule has 174 valence electrons. The summed E-state index contributed by atoms with van der Waals surface area (Å²) in [7, 11) is -1.94. The molecule has 0 amide bonds. The molecule has 0 atom stereocenters. The second kappa shape index (κ2) is 9.40. The molecule has 1 aromatic heterocycles. The summed E-state index contributed by atoms with van der Waals surface area (Å²) < 4.78 is 32.6. The van der Waals surface area contributed by atoms with Gasteiger partial charge in [-0.3, -0.25) is 4.79 Å². The molecular formula is C24H25BrN2O5S. The van der Waals surface area contributed by atoms with Gasteiger partial charge in [-0.2, -0.15) is 0 Å². The lowest BCUT2D eigenvalue weighted by Crippen LogP contribution is -2.40. The summed E-state index contributed by atoms with van der Waals surface area (Å²) in [4.78, 5) is 26.6. The van der Waals surface area contributed by atoms with Gasteiger partial charge in [-0.15, -0.1) is 0 Å². The number of carbonyl (C=O) groups excluding carboxylic acids is 1. The van der Waals surface area contributed by atoms with Gasteiger partial charge in [0.2, 0.25) is 10.0 Å². The predicted octanol–water partition coefficient (Wildman–Crippen LogP) is 3.89. The van der Waals surface area contributed by atoms with Crippen LogP contribution >= 0.6 is 15.9 Å². The predicted molar refractivity (Wildman–Crippen MR) is 132 cm³/mol. The molecule has 7 nitrogen and oxygen atoms in total. The highest BCUT2D eigenvalue weighted by Gasteiger charge is 2.29. The van der Waals surface area contributed by atoms with Crippen LogP contribution in [0.1, 0.15) is 23.3 Å². The standard InChI is InChI=1S/C24H25BrN2O5S/c1-32-24(29)22-21(17-6-4-3-5-7-17)20-14-18(25)8-9-19(20)23(28)27(22)15-16-10-12-26(13-11-16)33(2,30)31/h3-9,14,16H,10-13,15H2,1-2H3. The highest BCUT2D eigenvalue weighted by molar-refractivity contribution is 9.10. The molecule has 9 heteroatoms. The molecule has 2 heterocycles. The van der Waals surface area contributed by atoms with Gasteiger partial charge in [-0.05, 0) is 47.9 Å². The summed E-state index contributed by atoms with van der Waals surface area (Å²) >= 11 is 3.48. The lowest BCUT2D eigenvalue weighted by molar-refractivity contribution is 0.0586. The fraction of sp³-hybridized carbons (Fsp3) is 0.333. The second-order valence-corrected chi connectivity index (χ2v) is 11.2. The fourth-order valence-electron chi connectivity index (χ4n) is 4.48. The maximum Gasteiger partial charge on any atom is 0.355 e. The minimum Gasteiger partial charge on any atom is -0.464 e. The van der Waals surface area contributed by atoms with Crippen molar-refractivity contribution < 1.29 is 17.9 Å². The number of carbonyl (C=O) groups is 1. The zero-order chi connectivity index (χ0) is 23.8. The summed E-state index contributed by atoms with van der Waals surface area (Å²) in [6, 6.07) is 14.9. The molecule has 4 rings (SSSR count). The van der Waals surface area contributed by atoms with E-state index in [4.69, 9.17) is 4.74 Å². The third-order valence-electron chi connectivity index (χ3n) is 6.16. The Bertz CT molecular complexity index is 1360. The Morgan fingerprint density at radius 1 is 1.09 bits per heavy atom. The molecule has 0 spiro atoms. The Labute approximate surface area is 201 Å². The van der Waals surface area contributed by atoms with Crippen LogP contribution in [0.3, 0.4) is 0 Å². The lowest BCUT2D eigenvalue weighted by Gasteiger charge is -2.31. The van der Waals surface area contributed by atoms with E-state index >= 15 is 0 Å². The number of fused-ring (bicyclic) bond motifs is 1. The van der Waals surface area contributed by atoms with Crippen LogP contribution in [-0.4, -0.2) is 49.7 Å². The van der Waals surface area contributed by atoms with Crippen LogP contribution in [0.2, 0.25) is 0 Å². The SMILES string of the molecule is COC(=O)c1c(-c2ccccc2)c2cc(Br)ccc2c(=O)n1CC1CCN(S(C)(=O)=O)CC1. The number of aromatic nitrogens is 1. The summed E-state index contributed by atoms with van der Waals surface area (Å²) in [5, 5.41) is 1.18. The Balaban J connectivity index is 1.89. The Hall–Kier alpha value is -2.49. The van der Waals surface area contributed by atoms with E-state index in [9.17, 15) is 18.0 Å². The van der Waals surface area contributed by atoms with Gasteiger partial charge >= 0.3 is 5.97 Å². The number of ether oxygens (including phenoxy) is 1. The van der Waals surface area contributed by atoms with Crippen molar-refractivity contribution in [1.29, 1.82) is 0 Å². The average molecular weight is 533 g/mol. The molecule has 1 aliphatic heterocycles. The van der Waals surface area contributed by atoms with Gasteiger partial charge in [-0.25, -0.2) is 17.5 Å². The topological polar surface area (TPSA) is 85.7 Å². The average Bonchev–Trinajstić information content (AvgIpc) is 2.80. The van der Waals surface area contributed by atoms with Crippen molar-refractivity contribution in [3.05, 3.63) is 69.1 Å².